The Labute approximate surface area is 91.6 Å². The summed E-state index contributed by atoms with van der Waals surface area (Å²) >= 11 is 2.30. The molecule has 0 fully saturated rings. The molecule has 0 aromatic heterocycles. The van der Waals surface area contributed by atoms with Crippen LogP contribution in [0.3, 0.4) is 0 Å². The number of hydrogen-bond donors (Lipinski definition) is 1. The van der Waals surface area contributed by atoms with E-state index in [-0.39, 0.29) is 6.04 Å². The highest BCUT2D eigenvalue weighted by Gasteiger charge is 2.23. The van der Waals surface area contributed by atoms with Gasteiger partial charge >= 0.3 is 0 Å². The fraction of sp³-hybridized carbons (Fsp3) is 0.400. The summed E-state index contributed by atoms with van der Waals surface area (Å²) in [4.78, 5) is 0. The van der Waals surface area contributed by atoms with Crippen molar-refractivity contribution >= 4 is 22.6 Å². The van der Waals surface area contributed by atoms with Gasteiger partial charge in [0.05, 0.1) is 10.7 Å². The van der Waals surface area contributed by atoms with Crippen molar-refractivity contribution in [2.24, 2.45) is 5.73 Å². The highest BCUT2D eigenvalue weighted by atomic mass is 127. The van der Waals surface area contributed by atoms with E-state index < -0.39 is 0 Å². The van der Waals surface area contributed by atoms with Gasteiger partial charge in [-0.15, -0.1) is 0 Å². The lowest BCUT2D eigenvalue weighted by Crippen LogP contribution is -2.05. The molecule has 0 radical (unpaired) electrons. The van der Waals surface area contributed by atoms with E-state index in [1.54, 1.807) is 7.11 Å². The summed E-state index contributed by atoms with van der Waals surface area (Å²) in [6.45, 7) is 0. The molecule has 1 unspecified atom stereocenters. The normalized spacial score (nSPS) is 20.1. The molecule has 70 valence electrons. The monoisotopic (exact) mass is 289 g/mol. The van der Waals surface area contributed by atoms with Gasteiger partial charge in [0.25, 0.3) is 0 Å². The highest BCUT2D eigenvalue weighted by Crippen LogP contribution is 2.38. The smallest absolute Gasteiger partial charge is 0.135 e. The molecule has 0 heterocycles. The first-order chi connectivity index (χ1) is 6.24. The minimum Gasteiger partial charge on any atom is -0.495 e. The average molecular weight is 289 g/mol. The molecule has 0 amide bonds. The molecule has 2 N–H and O–H groups in total. The van der Waals surface area contributed by atoms with Crippen LogP contribution in [0.4, 0.5) is 0 Å². The molecule has 2 rings (SSSR count). The summed E-state index contributed by atoms with van der Waals surface area (Å²) in [5, 5.41) is 0. The van der Waals surface area contributed by atoms with Gasteiger partial charge in [-0.25, -0.2) is 0 Å². The van der Waals surface area contributed by atoms with E-state index in [4.69, 9.17) is 10.5 Å². The topological polar surface area (TPSA) is 35.2 Å². The van der Waals surface area contributed by atoms with Gasteiger partial charge in [-0.3, -0.25) is 0 Å². The van der Waals surface area contributed by atoms with Gasteiger partial charge in [0.1, 0.15) is 5.75 Å². The summed E-state index contributed by atoms with van der Waals surface area (Å²) in [6.07, 6.45) is 2.10. The van der Waals surface area contributed by atoms with Crippen LogP contribution in [0.5, 0.6) is 5.75 Å². The highest BCUT2D eigenvalue weighted by molar-refractivity contribution is 14.1. The van der Waals surface area contributed by atoms with Crippen molar-refractivity contribution in [3.63, 3.8) is 0 Å². The van der Waals surface area contributed by atoms with E-state index in [0.29, 0.717) is 0 Å². The fourth-order valence-corrected chi connectivity index (χ4v) is 2.62. The molecule has 1 aliphatic rings. The van der Waals surface area contributed by atoms with Crippen LogP contribution in [0.1, 0.15) is 23.6 Å². The Morgan fingerprint density at radius 3 is 3.00 bits per heavy atom. The first kappa shape index (κ1) is 9.27. The maximum Gasteiger partial charge on any atom is 0.135 e. The zero-order valence-electron chi connectivity index (χ0n) is 7.51. The Bertz CT molecular complexity index is 338. The third kappa shape index (κ3) is 1.44. The molecule has 0 saturated carbocycles. The van der Waals surface area contributed by atoms with Crippen LogP contribution in [-0.4, -0.2) is 7.11 Å². The van der Waals surface area contributed by atoms with Gasteiger partial charge in [-0.2, -0.15) is 0 Å². The third-order valence-electron chi connectivity index (χ3n) is 2.56. The van der Waals surface area contributed by atoms with Crippen molar-refractivity contribution in [1.29, 1.82) is 0 Å². The molecular formula is C10H12INO. The van der Waals surface area contributed by atoms with Gasteiger partial charge in [0.2, 0.25) is 0 Å². The lowest BCUT2D eigenvalue weighted by molar-refractivity contribution is 0.407. The number of fused-ring (bicyclic) bond motifs is 1. The van der Waals surface area contributed by atoms with Crippen LogP contribution in [-0.2, 0) is 6.42 Å². The van der Waals surface area contributed by atoms with Crippen molar-refractivity contribution in [1.82, 2.24) is 0 Å². The van der Waals surface area contributed by atoms with Crippen LogP contribution >= 0.6 is 22.6 Å². The number of methoxy groups -OCH3 is 1. The minimum absolute atomic E-state index is 0.209. The van der Waals surface area contributed by atoms with E-state index >= 15 is 0 Å². The first-order valence-electron chi connectivity index (χ1n) is 4.35. The SMILES string of the molecule is COc1c(I)ccc2c1CCC2N. The van der Waals surface area contributed by atoms with E-state index in [1.165, 1.54) is 14.7 Å². The summed E-state index contributed by atoms with van der Waals surface area (Å²) in [7, 11) is 1.72. The second kappa shape index (κ2) is 3.46. The molecule has 0 spiro atoms. The second-order valence-corrected chi connectivity index (χ2v) is 4.46. The summed E-state index contributed by atoms with van der Waals surface area (Å²) < 4.78 is 6.55. The van der Waals surface area contributed by atoms with Gasteiger partial charge in [0, 0.05) is 11.6 Å². The Kier molecular flexibility index (Phi) is 2.47. The lowest BCUT2D eigenvalue weighted by Gasteiger charge is -2.10. The van der Waals surface area contributed by atoms with Gasteiger partial charge < -0.3 is 10.5 Å². The Hall–Kier alpha value is -0.290. The molecule has 2 nitrogen and oxygen atoms in total. The third-order valence-corrected chi connectivity index (χ3v) is 3.41. The van der Waals surface area contributed by atoms with Crippen LogP contribution in [0, 0.1) is 3.57 Å². The van der Waals surface area contributed by atoms with Crippen molar-refractivity contribution < 1.29 is 4.74 Å². The molecule has 13 heavy (non-hydrogen) atoms. The molecule has 0 saturated heterocycles. The zero-order valence-corrected chi connectivity index (χ0v) is 9.67. The number of halogens is 1. The first-order valence-corrected chi connectivity index (χ1v) is 5.42. The predicted molar refractivity (Wildman–Crippen MR) is 61.0 cm³/mol. The van der Waals surface area contributed by atoms with Gasteiger partial charge in [-0.1, -0.05) is 6.07 Å². The molecule has 1 aromatic rings. The van der Waals surface area contributed by atoms with Crippen molar-refractivity contribution in [3.8, 4) is 5.75 Å². The van der Waals surface area contributed by atoms with Crippen molar-refractivity contribution in [2.45, 2.75) is 18.9 Å². The van der Waals surface area contributed by atoms with Crippen LogP contribution < -0.4 is 10.5 Å². The standard InChI is InChI=1S/C10H12INO/c1-13-10-7-3-5-9(12)6(7)2-4-8(10)11/h2,4,9H,3,5,12H2,1H3. The zero-order chi connectivity index (χ0) is 9.42. The number of hydrogen-bond acceptors (Lipinski definition) is 2. The van der Waals surface area contributed by atoms with E-state index in [2.05, 4.69) is 34.7 Å². The molecule has 1 aromatic carbocycles. The van der Waals surface area contributed by atoms with Crippen LogP contribution in [0.2, 0.25) is 0 Å². The maximum atomic E-state index is 5.96. The number of ether oxygens (including phenoxy) is 1. The van der Waals surface area contributed by atoms with Gasteiger partial charge in [-0.05, 0) is 47.1 Å². The lowest BCUT2D eigenvalue weighted by atomic mass is 10.1. The number of nitrogens with two attached hydrogens (primary N) is 1. The quantitative estimate of drug-likeness (QED) is 0.805. The van der Waals surface area contributed by atoms with Crippen molar-refractivity contribution in [2.75, 3.05) is 7.11 Å². The second-order valence-electron chi connectivity index (χ2n) is 3.29. The number of rotatable bonds is 1. The van der Waals surface area contributed by atoms with Crippen molar-refractivity contribution in [3.05, 3.63) is 26.8 Å². The Morgan fingerprint density at radius 2 is 2.31 bits per heavy atom. The summed E-state index contributed by atoms with van der Waals surface area (Å²) in [5.41, 5.74) is 8.53. The maximum absolute atomic E-state index is 5.96. The largest absolute Gasteiger partial charge is 0.495 e. The predicted octanol–water partition coefficient (Wildman–Crippen LogP) is 2.25. The molecule has 1 atom stereocenters. The Morgan fingerprint density at radius 1 is 1.54 bits per heavy atom. The molecule has 1 aliphatic carbocycles. The number of benzene rings is 1. The summed E-state index contributed by atoms with van der Waals surface area (Å²) in [5.74, 6) is 1.02. The van der Waals surface area contributed by atoms with Crippen LogP contribution in [0.25, 0.3) is 0 Å². The molecular weight excluding hydrogens is 277 g/mol. The van der Waals surface area contributed by atoms with Crippen LogP contribution in [0.15, 0.2) is 12.1 Å². The van der Waals surface area contributed by atoms with E-state index in [0.717, 1.165) is 18.6 Å². The molecule has 0 bridgehead atoms. The average Bonchev–Trinajstić information content (AvgIpc) is 2.48. The minimum atomic E-state index is 0.209. The van der Waals surface area contributed by atoms with E-state index in [9.17, 15) is 0 Å². The summed E-state index contributed by atoms with van der Waals surface area (Å²) in [6, 6.07) is 4.40. The van der Waals surface area contributed by atoms with Gasteiger partial charge in [0.15, 0.2) is 0 Å². The fourth-order valence-electron chi connectivity index (χ4n) is 1.90. The van der Waals surface area contributed by atoms with E-state index in [1.807, 2.05) is 0 Å². The molecule has 0 aliphatic heterocycles. The molecule has 3 heteroatoms. The Balaban J connectivity index is 2.57.